The van der Waals surface area contributed by atoms with Gasteiger partial charge in [-0.25, -0.2) is 4.98 Å². The lowest BCUT2D eigenvalue weighted by molar-refractivity contribution is 0.102. The van der Waals surface area contributed by atoms with Gasteiger partial charge in [-0.1, -0.05) is 11.6 Å². The van der Waals surface area contributed by atoms with Crippen LogP contribution in [0.1, 0.15) is 15.9 Å². The molecule has 0 aliphatic heterocycles. The van der Waals surface area contributed by atoms with Crippen LogP contribution in [0.2, 0.25) is 5.15 Å². The Morgan fingerprint density at radius 3 is 2.68 bits per heavy atom. The second kappa shape index (κ2) is 5.38. The minimum Gasteiger partial charge on any atom is -0.397 e. The molecule has 94 valence electrons. The maximum atomic E-state index is 12.0. The van der Waals surface area contributed by atoms with E-state index in [1.165, 1.54) is 12.3 Å². The molecule has 6 heteroatoms. The van der Waals surface area contributed by atoms with E-state index < -0.39 is 0 Å². The van der Waals surface area contributed by atoms with E-state index in [2.05, 4.69) is 10.3 Å². The van der Waals surface area contributed by atoms with Crippen molar-refractivity contribution in [3.8, 4) is 6.07 Å². The summed E-state index contributed by atoms with van der Waals surface area (Å²) in [4.78, 5) is 15.8. The SMILES string of the molecule is N#Cc1ccc(NC(=O)c2cc(Cl)ncc2N)cc1. The highest BCUT2D eigenvalue weighted by molar-refractivity contribution is 6.30. The molecule has 0 saturated heterocycles. The standard InChI is InChI=1S/C13H9ClN4O/c14-12-5-10(11(16)7-17-12)13(19)18-9-3-1-8(6-15)2-4-9/h1-5,7H,16H2,(H,18,19). The Morgan fingerprint density at radius 1 is 1.37 bits per heavy atom. The van der Waals surface area contributed by atoms with Gasteiger partial charge in [0, 0.05) is 5.69 Å². The van der Waals surface area contributed by atoms with Crippen molar-refractivity contribution in [2.75, 3.05) is 11.1 Å². The molecule has 0 unspecified atom stereocenters. The molecule has 19 heavy (non-hydrogen) atoms. The summed E-state index contributed by atoms with van der Waals surface area (Å²) in [5, 5.41) is 11.5. The molecule has 0 atom stereocenters. The monoisotopic (exact) mass is 272 g/mol. The van der Waals surface area contributed by atoms with Crippen LogP contribution >= 0.6 is 11.6 Å². The number of nitriles is 1. The van der Waals surface area contributed by atoms with E-state index in [0.717, 1.165) is 0 Å². The minimum absolute atomic E-state index is 0.194. The van der Waals surface area contributed by atoms with Crippen molar-refractivity contribution in [3.05, 3.63) is 52.8 Å². The van der Waals surface area contributed by atoms with Crippen molar-refractivity contribution in [1.29, 1.82) is 5.26 Å². The molecule has 0 fully saturated rings. The molecule has 0 spiro atoms. The lowest BCUT2D eigenvalue weighted by Gasteiger charge is -2.07. The van der Waals surface area contributed by atoms with Gasteiger partial charge in [0.05, 0.1) is 29.1 Å². The summed E-state index contributed by atoms with van der Waals surface area (Å²) in [6, 6.07) is 9.88. The molecule has 2 rings (SSSR count). The zero-order valence-corrected chi connectivity index (χ0v) is 10.5. The third-order valence-corrected chi connectivity index (χ3v) is 2.62. The fourth-order valence-electron chi connectivity index (χ4n) is 1.46. The van der Waals surface area contributed by atoms with Gasteiger partial charge in [0.15, 0.2) is 0 Å². The second-order valence-corrected chi connectivity index (χ2v) is 4.12. The molecule has 0 aliphatic carbocycles. The molecule has 0 bridgehead atoms. The molecular formula is C13H9ClN4O. The summed E-state index contributed by atoms with van der Waals surface area (Å²) in [6.07, 6.45) is 1.33. The Morgan fingerprint density at radius 2 is 2.05 bits per heavy atom. The van der Waals surface area contributed by atoms with Crippen LogP contribution in [-0.2, 0) is 0 Å². The average molecular weight is 273 g/mol. The van der Waals surface area contributed by atoms with Crippen LogP contribution in [0.3, 0.4) is 0 Å². The zero-order chi connectivity index (χ0) is 13.8. The molecule has 0 radical (unpaired) electrons. The normalized spacial score (nSPS) is 9.68. The molecule has 3 N–H and O–H groups in total. The fraction of sp³-hybridized carbons (Fsp3) is 0. The first-order chi connectivity index (χ1) is 9.10. The largest absolute Gasteiger partial charge is 0.397 e. The number of halogens is 1. The maximum absolute atomic E-state index is 12.0. The van der Waals surface area contributed by atoms with Crippen molar-refractivity contribution < 1.29 is 4.79 Å². The summed E-state index contributed by atoms with van der Waals surface area (Å²) in [5.41, 5.74) is 7.25. The van der Waals surface area contributed by atoms with Crippen molar-refractivity contribution in [2.45, 2.75) is 0 Å². The molecule has 0 saturated carbocycles. The first-order valence-electron chi connectivity index (χ1n) is 5.32. The van der Waals surface area contributed by atoms with Crippen LogP contribution < -0.4 is 11.1 Å². The Kier molecular flexibility index (Phi) is 3.64. The van der Waals surface area contributed by atoms with Crippen LogP contribution in [0.25, 0.3) is 0 Å². The van der Waals surface area contributed by atoms with Gasteiger partial charge in [-0.15, -0.1) is 0 Å². The molecule has 0 aliphatic rings. The molecule has 5 nitrogen and oxygen atoms in total. The van der Waals surface area contributed by atoms with E-state index in [9.17, 15) is 4.79 Å². The van der Waals surface area contributed by atoms with Gasteiger partial charge < -0.3 is 11.1 Å². The number of carbonyl (C=O) groups excluding carboxylic acids is 1. The number of amides is 1. The first-order valence-corrected chi connectivity index (χ1v) is 5.70. The molecule has 2 aromatic rings. The van der Waals surface area contributed by atoms with E-state index >= 15 is 0 Å². The lowest BCUT2D eigenvalue weighted by atomic mass is 10.2. The summed E-state index contributed by atoms with van der Waals surface area (Å²) < 4.78 is 0. The van der Waals surface area contributed by atoms with E-state index in [-0.39, 0.29) is 22.3 Å². The van der Waals surface area contributed by atoms with Gasteiger partial charge in [-0.05, 0) is 30.3 Å². The number of hydrogen-bond donors (Lipinski definition) is 2. The highest BCUT2D eigenvalue weighted by Gasteiger charge is 2.11. The molecule has 1 amide bonds. The van der Waals surface area contributed by atoms with Gasteiger partial charge >= 0.3 is 0 Å². The van der Waals surface area contributed by atoms with Crippen molar-refractivity contribution in [1.82, 2.24) is 4.98 Å². The number of nitrogens with one attached hydrogen (secondary N) is 1. The zero-order valence-electron chi connectivity index (χ0n) is 9.72. The van der Waals surface area contributed by atoms with Gasteiger partial charge in [0.1, 0.15) is 5.15 Å². The summed E-state index contributed by atoms with van der Waals surface area (Å²) >= 11 is 5.72. The topological polar surface area (TPSA) is 91.8 Å². The predicted molar refractivity (Wildman–Crippen MR) is 72.8 cm³/mol. The third-order valence-electron chi connectivity index (χ3n) is 2.42. The van der Waals surface area contributed by atoms with Gasteiger partial charge in [0.2, 0.25) is 0 Å². The lowest BCUT2D eigenvalue weighted by Crippen LogP contribution is -2.14. The van der Waals surface area contributed by atoms with Crippen molar-refractivity contribution in [2.24, 2.45) is 0 Å². The number of nitrogens with two attached hydrogens (primary N) is 1. The number of rotatable bonds is 2. The summed E-state index contributed by atoms with van der Waals surface area (Å²) in [5.74, 6) is -0.383. The Bertz CT molecular complexity index is 661. The first kappa shape index (κ1) is 12.9. The fourth-order valence-corrected chi connectivity index (χ4v) is 1.62. The van der Waals surface area contributed by atoms with Crippen LogP contribution in [0.15, 0.2) is 36.5 Å². The average Bonchev–Trinajstić information content (AvgIpc) is 2.42. The maximum Gasteiger partial charge on any atom is 0.257 e. The predicted octanol–water partition coefficient (Wildman–Crippen LogP) is 2.44. The van der Waals surface area contributed by atoms with E-state index in [4.69, 9.17) is 22.6 Å². The Balaban J connectivity index is 2.21. The quantitative estimate of drug-likeness (QED) is 0.821. The smallest absolute Gasteiger partial charge is 0.257 e. The molecular weight excluding hydrogens is 264 g/mol. The number of hydrogen-bond acceptors (Lipinski definition) is 4. The minimum atomic E-state index is -0.383. The third kappa shape index (κ3) is 3.00. The highest BCUT2D eigenvalue weighted by atomic mass is 35.5. The second-order valence-electron chi connectivity index (χ2n) is 3.74. The number of anilines is 2. The summed E-state index contributed by atoms with van der Waals surface area (Å²) in [6.45, 7) is 0. The van der Waals surface area contributed by atoms with Crippen LogP contribution in [0.5, 0.6) is 0 Å². The molecule has 1 aromatic carbocycles. The van der Waals surface area contributed by atoms with E-state index in [0.29, 0.717) is 11.3 Å². The molecule has 1 aromatic heterocycles. The number of nitrogen functional groups attached to an aromatic ring is 1. The Labute approximate surface area is 114 Å². The number of carbonyl (C=O) groups is 1. The van der Waals surface area contributed by atoms with Crippen LogP contribution in [0.4, 0.5) is 11.4 Å². The van der Waals surface area contributed by atoms with Crippen molar-refractivity contribution in [3.63, 3.8) is 0 Å². The highest BCUT2D eigenvalue weighted by Crippen LogP contribution is 2.17. The van der Waals surface area contributed by atoms with Crippen LogP contribution in [-0.4, -0.2) is 10.9 Å². The van der Waals surface area contributed by atoms with Gasteiger partial charge in [0.25, 0.3) is 5.91 Å². The van der Waals surface area contributed by atoms with Crippen molar-refractivity contribution >= 4 is 28.9 Å². The summed E-state index contributed by atoms with van der Waals surface area (Å²) in [7, 11) is 0. The van der Waals surface area contributed by atoms with Gasteiger partial charge in [-0.3, -0.25) is 4.79 Å². The number of benzene rings is 1. The Hall–Kier alpha value is -2.58. The molecule has 1 heterocycles. The number of aromatic nitrogens is 1. The number of pyridine rings is 1. The van der Waals surface area contributed by atoms with E-state index in [1.807, 2.05) is 6.07 Å². The van der Waals surface area contributed by atoms with Crippen LogP contribution in [0, 0.1) is 11.3 Å². The van der Waals surface area contributed by atoms with Gasteiger partial charge in [-0.2, -0.15) is 5.26 Å². The van der Waals surface area contributed by atoms with E-state index in [1.54, 1.807) is 24.3 Å². The number of nitrogens with zero attached hydrogens (tertiary/aromatic N) is 2.